The number of carbonyl (C=O) groups is 2. The molecule has 0 spiro atoms. The highest BCUT2D eigenvalue weighted by atomic mass is 35.5. The Morgan fingerprint density at radius 1 is 1.28 bits per heavy atom. The van der Waals surface area contributed by atoms with Gasteiger partial charge in [-0.2, -0.15) is 0 Å². The Bertz CT molecular complexity index is 638. The first-order valence-corrected chi connectivity index (χ1v) is 8.70. The van der Waals surface area contributed by atoms with E-state index in [9.17, 15) is 14.0 Å². The monoisotopic (exact) mass is 389 g/mol. The van der Waals surface area contributed by atoms with Gasteiger partial charge in [-0.3, -0.25) is 14.5 Å². The van der Waals surface area contributed by atoms with E-state index in [-0.39, 0.29) is 40.8 Å². The normalized spacial score (nSPS) is 20.6. The lowest BCUT2D eigenvalue weighted by Gasteiger charge is -2.22. The Balaban J connectivity index is 0.00000225. The van der Waals surface area contributed by atoms with Crippen molar-refractivity contribution in [2.45, 2.75) is 25.3 Å². The third-order valence-corrected chi connectivity index (χ3v) is 5.01. The van der Waals surface area contributed by atoms with E-state index in [2.05, 4.69) is 10.2 Å². The molecule has 2 amide bonds. The largest absolute Gasteiger partial charge is 0.350 e. The van der Waals surface area contributed by atoms with Gasteiger partial charge in [0.1, 0.15) is 5.82 Å². The number of amides is 2. The number of nitrogens with zero attached hydrogens (tertiary/aromatic N) is 2. The summed E-state index contributed by atoms with van der Waals surface area (Å²) in [4.78, 5) is 28.6. The van der Waals surface area contributed by atoms with Crippen molar-refractivity contribution in [2.75, 3.05) is 32.7 Å². The maximum atomic E-state index is 13.0. The molecule has 1 N–H and O–H groups in total. The topological polar surface area (TPSA) is 52.7 Å². The highest BCUT2D eigenvalue weighted by Gasteiger charge is 2.36. The summed E-state index contributed by atoms with van der Waals surface area (Å²) in [6.07, 6.45) is 3.19. The number of hydrogen-bond acceptors (Lipinski definition) is 3. The van der Waals surface area contributed by atoms with Crippen molar-refractivity contribution in [3.63, 3.8) is 0 Å². The van der Waals surface area contributed by atoms with Gasteiger partial charge in [-0.05, 0) is 50.6 Å². The third-order valence-electron chi connectivity index (χ3n) is 4.69. The lowest BCUT2D eigenvalue weighted by Crippen LogP contribution is -2.42. The van der Waals surface area contributed by atoms with E-state index >= 15 is 0 Å². The van der Waals surface area contributed by atoms with Crippen LogP contribution in [0.2, 0.25) is 5.02 Å². The van der Waals surface area contributed by atoms with Crippen LogP contribution in [0, 0.1) is 5.82 Å². The predicted molar refractivity (Wildman–Crippen MR) is 96.8 cm³/mol. The Labute approximate surface area is 157 Å². The maximum Gasteiger partial charge on any atom is 0.252 e. The number of hydrogen-bond donors (Lipinski definition) is 1. The lowest BCUT2D eigenvalue weighted by molar-refractivity contribution is -0.131. The lowest BCUT2D eigenvalue weighted by atomic mass is 10.2. The molecule has 1 aromatic rings. The molecular formula is C17H22Cl2FN3O2. The maximum absolute atomic E-state index is 13.0. The SMILES string of the molecule is Cl.O=C(NCCN1CCC(N2CCCC2)C1=O)c1ccc(F)cc1Cl. The van der Waals surface area contributed by atoms with Gasteiger partial charge in [0.2, 0.25) is 5.91 Å². The molecule has 0 aliphatic carbocycles. The Morgan fingerprint density at radius 3 is 2.68 bits per heavy atom. The van der Waals surface area contributed by atoms with Crippen LogP contribution < -0.4 is 5.32 Å². The second kappa shape index (κ2) is 8.83. The molecule has 0 saturated carbocycles. The smallest absolute Gasteiger partial charge is 0.252 e. The van der Waals surface area contributed by atoms with Crippen molar-refractivity contribution >= 4 is 35.8 Å². The summed E-state index contributed by atoms with van der Waals surface area (Å²) < 4.78 is 13.0. The molecule has 1 unspecified atom stereocenters. The van der Waals surface area contributed by atoms with Crippen LogP contribution in [-0.2, 0) is 4.79 Å². The van der Waals surface area contributed by atoms with Gasteiger partial charge in [0.15, 0.2) is 0 Å². The van der Waals surface area contributed by atoms with Crippen LogP contribution in [0.4, 0.5) is 4.39 Å². The van der Waals surface area contributed by atoms with Crippen molar-refractivity contribution in [3.05, 3.63) is 34.6 Å². The van der Waals surface area contributed by atoms with Crippen molar-refractivity contribution in [3.8, 4) is 0 Å². The highest BCUT2D eigenvalue weighted by Crippen LogP contribution is 2.21. The summed E-state index contributed by atoms with van der Waals surface area (Å²) in [7, 11) is 0. The van der Waals surface area contributed by atoms with E-state index in [1.165, 1.54) is 12.1 Å². The first-order valence-electron chi connectivity index (χ1n) is 8.32. The van der Waals surface area contributed by atoms with Gasteiger partial charge in [-0.25, -0.2) is 4.39 Å². The molecule has 2 fully saturated rings. The fourth-order valence-corrected chi connectivity index (χ4v) is 3.66. The highest BCUT2D eigenvalue weighted by molar-refractivity contribution is 6.33. The molecule has 138 valence electrons. The van der Waals surface area contributed by atoms with Gasteiger partial charge < -0.3 is 10.2 Å². The minimum absolute atomic E-state index is 0. The first-order chi connectivity index (χ1) is 11.6. The quantitative estimate of drug-likeness (QED) is 0.840. The van der Waals surface area contributed by atoms with Crippen LogP contribution in [0.1, 0.15) is 29.6 Å². The second-order valence-electron chi connectivity index (χ2n) is 6.25. The van der Waals surface area contributed by atoms with E-state index in [0.29, 0.717) is 13.1 Å². The van der Waals surface area contributed by atoms with E-state index in [1.807, 2.05) is 0 Å². The number of nitrogens with one attached hydrogen (secondary N) is 1. The van der Waals surface area contributed by atoms with E-state index in [0.717, 1.165) is 45.0 Å². The van der Waals surface area contributed by atoms with Gasteiger partial charge >= 0.3 is 0 Å². The Kier molecular flexibility index (Phi) is 7.04. The van der Waals surface area contributed by atoms with E-state index in [1.54, 1.807) is 4.90 Å². The summed E-state index contributed by atoms with van der Waals surface area (Å²) in [5.74, 6) is -0.680. The molecule has 8 heteroatoms. The van der Waals surface area contributed by atoms with Crippen molar-refractivity contribution in [2.24, 2.45) is 0 Å². The minimum atomic E-state index is -0.479. The Morgan fingerprint density at radius 2 is 2.00 bits per heavy atom. The third kappa shape index (κ3) is 4.63. The van der Waals surface area contributed by atoms with Gasteiger partial charge in [-0.1, -0.05) is 11.6 Å². The van der Waals surface area contributed by atoms with Gasteiger partial charge in [0.25, 0.3) is 5.91 Å². The summed E-state index contributed by atoms with van der Waals surface area (Å²) in [5, 5.41) is 2.82. The minimum Gasteiger partial charge on any atom is -0.350 e. The van der Waals surface area contributed by atoms with Gasteiger partial charge in [-0.15, -0.1) is 12.4 Å². The van der Waals surface area contributed by atoms with Crippen LogP contribution >= 0.6 is 24.0 Å². The van der Waals surface area contributed by atoms with Gasteiger partial charge in [0, 0.05) is 19.6 Å². The van der Waals surface area contributed by atoms with Crippen LogP contribution in [0.25, 0.3) is 0 Å². The van der Waals surface area contributed by atoms with Crippen molar-refractivity contribution in [1.82, 2.24) is 15.1 Å². The molecule has 5 nitrogen and oxygen atoms in total. The molecular weight excluding hydrogens is 368 g/mol. The number of rotatable bonds is 5. The van der Waals surface area contributed by atoms with E-state index < -0.39 is 5.82 Å². The summed E-state index contributed by atoms with van der Waals surface area (Å²) in [6, 6.07) is 3.68. The molecule has 1 aromatic carbocycles. The summed E-state index contributed by atoms with van der Waals surface area (Å²) >= 11 is 5.87. The molecule has 2 heterocycles. The van der Waals surface area contributed by atoms with Crippen LogP contribution in [0.15, 0.2) is 18.2 Å². The van der Waals surface area contributed by atoms with Crippen LogP contribution in [0.5, 0.6) is 0 Å². The summed E-state index contributed by atoms with van der Waals surface area (Å²) in [6.45, 7) is 3.57. The molecule has 2 aliphatic heterocycles. The Hall–Kier alpha value is -1.37. The molecule has 1 atom stereocenters. The van der Waals surface area contributed by atoms with Crippen molar-refractivity contribution < 1.29 is 14.0 Å². The fraction of sp³-hybridized carbons (Fsp3) is 0.529. The number of halogens is 3. The zero-order chi connectivity index (χ0) is 17.1. The fourth-order valence-electron chi connectivity index (χ4n) is 3.41. The predicted octanol–water partition coefficient (Wildman–Crippen LogP) is 2.33. The molecule has 0 bridgehead atoms. The standard InChI is InChI=1S/C17H21ClFN3O2.ClH/c18-14-11-12(19)3-4-13(14)16(23)20-6-10-22-9-5-15(17(22)24)21-7-1-2-8-21;/h3-4,11,15H,1-2,5-10H2,(H,20,23);1H. The van der Waals surface area contributed by atoms with Gasteiger partial charge in [0.05, 0.1) is 16.6 Å². The zero-order valence-corrected chi connectivity index (χ0v) is 15.4. The summed E-state index contributed by atoms with van der Waals surface area (Å²) in [5.41, 5.74) is 0.237. The number of likely N-dealkylation sites (tertiary alicyclic amines) is 2. The number of benzene rings is 1. The molecule has 0 radical (unpaired) electrons. The average Bonchev–Trinajstić information content (AvgIpc) is 3.17. The molecule has 0 aromatic heterocycles. The van der Waals surface area contributed by atoms with Crippen LogP contribution in [-0.4, -0.2) is 60.4 Å². The van der Waals surface area contributed by atoms with Crippen LogP contribution in [0.3, 0.4) is 0 Å². The average molecular weight is 390 g/mol. The first kappa shape index (κ1) is 19.9. The number of carbonyl (C=O) groups excluding carboxylic acids is 2. The molecule has 2 saturated heterocycles. The van der Waals surface area contributed by atoms with Crippen molar-refractivity contribution in [1.29, 1.82) is 0 Å². The second-order valence-corrected chi connectivity index (χ2v) is 6.66. The zero-order valence-electron chi connectivity index (χ0n) is 13.8. The molecule has 3 rings (SSSR count). The molecule has 25 heavy (non-hydrogen) atoms. The molecule has 2 aliphatic rings. The van der Waals surface area contributed by atoms with E-state index in [4.69, 9.17) is 11.6 Å².